The fraction of sp³-hybridized carbons (Fsp3) is 0.846. The lowest BCUT2D eigenvalue weighted by atomic mass is 9.51. The summed E-state index contributed by atoms with van der Waals surface area (Å²) in [4.78, 5) is 24.1. The minimum atomic E-state index is -0.395. The molecule has 0 bridgehead atoms. The van der Waals surface area contributed by atoms with Crippen LogP contribution in [0.4, 0.5) is 0 Å². The van der Waals surface area contributed by atoms with Gasteiger partial charge in [0.1, 0.15) is 11.9 Å². The van der Waals surface area contributed by atoms with E-state index in [1.165, 1.54) is 0 Å². The van der Waals surface area contributed by atoms with E-state index in [-0.39, 0.29) is 23.4 Å². The Kier molecular flexibility index (Phi) is 1.85. The molecule has 3 heteroatoms. The molecular weight excluding hydrogens is 204 g/mol. The number of hydrogen-bond donors (Lipinski definition) is 0. The predicted octanol–water partition coefficient (Wildman–Crippen LogP) is 2.09. The van der Waals surface area contributed by atoms with Gasteiger partial charge in [0, 0.05) is 17.8 Å². The SMILES string of the molecule is C[C@]12CCC[C@]3(C)C(=O)CC[C@H](OC1=O)C23. The molecule has 3 rings (SSSR count). The van der Waals surface area contributed by atoms with E-state index in [9.17, 15) is 9.59 Å². The molecule has 1 saturated heterocycles. The molecule has 1 unspecified atom stereocenters. The van der Waals surface area contributed by atoms with Crippen LogP contribution in [0.5, 0.6) is 0 Å². The summed E-state index contributed by atoms with van der Waals surface area (Å²) in [6.07, 6.45) is 4.11. The second kappa shape index (κ2) is 2.88. The first-order valence-corrected chi connectivity index (χ1v) is 6.23. The van der Waals surface area contributed by atoms with Gasteiger partial charge in [-0.05, 0) is 26.2 Å². The summed E-state index contributed by atoms with van der Waals surface area (Å²) in [6, 6.07) is 0. The standard InChI is InChI=1S/C13H18O3/c1-12-6-3-7-13(2)10(12)8(16-11(13)15)4-5-9(12)14/h8,10H,3-7H2,1-2H3/t8-,10?,12+,13+/m0/s1. The molecule has 4 atom stereocenters. The zero-order valence-electron chi connectivity index (χ0n) is 9.91. The molecule has 88 valence electrons. The molecule has 0 aromatic carbocycles. The Morgan fingerprint density at radius 1 is 1.19 bits per heavy atom. The lowest BCUT2D eigenvalue weighted by Gasteiger charge is -2.49. The first-order chi connectivity index (χ1) is 7.48. The molecule has 2 saturated carbocycles. The van der Waals surface area contributed by atoms with Crippen molar-refractivity contribution in [1.82, 2.24) is 0 Å². The third-order valence-electron chi connectivity index (χ3n) is 5.15. The van der Waals surface area contributed by atoms with Crippen molar-refractivity contribution in [3.63, 3.8) is 0 Å². The third-order valence-corrected chi connectivity index (χ3v) is 5.15. The van der Waals surface area contributed by atoms with Gasteiger partial charge in [0.25, 0.3) is 0 Å². The smallest absolute Gasteiger partial charge is 0.312 e. The topological polar surface area (TPSA) is 43.4 Å². The van der Waals surface area contributed by atoms with Gasteiger partial charge in [-0.1, -0.05) is 13.3 Å². The summed E-state index contributed by atoms with van der Waals surface area (Å²) in [5, 5.41) is 0. The summed E-state index contributed by atoms with van der Waals surface area (Å²) in [5.41, 5.74) is -0.699. The number of Topliss-reactive ketones (excluding diaryl/α,β-unsaturated/α-hetero) is 1. The molecular formula is C13H18O3. The van der Waals surface area contributed by atoms with Gasteiger partial charge in [-0.15, -0.1) is 0 Å². The highest BCUT2D eigenvalue weighted by molar-refractivity contribution is 5.89. The predicted molar refractivity (Wildman–Crippen MR) is 57.7 cm³/mol. The summed E-state index contributed by atoms with van der Waals surface area (Å²) in [5.74, 6) is 0.406. The second-order valence-corrected chi connectivity index (χ2v) is 6.07. The summed E-state index contributed by atoms with van der Waals surface area (Å²) in [7, 11) is 0. The largest absolute Gasteiger partial charge is 0.462 e. The number of rotatable bonds is 0. The molecule has 0 N–H and O–H groups in total. The molecule has 1 aliphatic heterocycles. The molecule has 3 fully saturated rings. The van der Waals surface area contributed by atoms with Gasteiger partial charge in [-0.25, -0.2) is 0 Å². The maximum absolute atomic E-state index is 12.2. The number of carbonyl (C=O) groups excluding carboxylic acids is 2. The van der Waals surface area contributed by atoms with E-state index in [0.29, 0.717) is 12.2 Å². The maximum atomic E-state index is 12.2. The fourth-order valence-corrected chi connectivity index (χ4v) is 4.32. The van der Waals surface area contributed by atoms with Crippen LogP contribution in [0.25, 0.3) is 0 Å². The average Bonchev–Trinajstić information content (AvgIpc) is 2.48. The molecule has 1 heterocycles. The molecule has 3 nitrogen and oxygen atoms in total. The quantitative estimate of drug-likeness (QED) is 0.589. The first-order valence-electron chi connectivity index (χ1n) is 6.23. The van der Waals surface area contributed by atoms with E-state index >= 15 is 0 Å². The molecule has 16 heavy (non-hydrogen) atoms. The zero-order valence-corrected chi connectivity index (χ0v) is 9.91. The van der Waals surface area contributed by atoms with E-state index in [0.717, 1.165) is 25.7 Å². The summed E-state index contributed by atoms with van der Waals surface area (Å²) >= 11 is 0. The van der Waals surface area contributed by atoms with E-state index in [2.05, 4.69) is 0 Å². The van der Waals surface area contributed by atoms with Gasteiger partial charge in [-0.2, -0.15) is 0 Å². The molecule has 0 aromatic heterocycles. The van der Waals surface area contributed by atoms with Gasteiger partial charge in [0.2, 0.25) is 0 Å². The van der Waals surface area contributed by atoms with Crippen molar-refractivity contribution in [3.05, 3.63) is 0 Å². The number of hydrogen-bond acceptors (Lipinski definition) is 3. The van der Waals surface area contributed by atoms with Crippen molar-refractivity contribution < 1.29 is 14.3 Å². The van der Waals surface area contributed by atoms with Crippen molar-refractivity contribution in [2.24, 2.45) is 16.7 Å². The zero-order chi connectivity index (χ0) is 11.6. The summed E-state index contributed by atoms with van der Waals surface area (Å²) < 4.78 is 5.50. The van der Waals surface area contributed by atoms with E-state index in [1.807, 2.05) is 13.8 Å². The average molecular weight is 222 g/mol. The van der Waals surface area contributed by atoms with Crippen molar-refractivity contribution in [1.29, 1.82) is 0 Å². The van der Waals surface area contributed by atoms with E-state index in [4.69, 9.17) is 4.74 Å². The minimum Gasteiger partial charge on any atom is -0.462 e. The second-order valence-electron chi connectivity index (χ2n) is 6.07. The molecule has 3 aliphatic rings. The van der Waals surface area contributed by atoms with Crippen molar-refractivity contribution >= 4 is 11.8 Å². The Morgan fingerprint density at radius 3 is 2.62 bits per heavy atom. The van der Waals surface area contributed by atoms with Crippen LogP contribution in [0.1, 0.15) is 46.0 Å². The Morgan fingerprint density at radius 2 is 1.88 bits per heavy atom. The summed E-state index contributed by atoms with van der Waals surface area (Å²) in [6.45, 7) is 4.04. The molecule has 0 spiro atoms. The molecule has 2 aliphatic carbocycles. The highest BCUT2D eigenvalue weighted by Crippen LogP contribution is 2.60. The van der Waals surface area contributed by atoms with E-state index < -0.39 is 5.41 Å². The first kappa shape index (κ1) is 10.3. The molecule has 0 radical (unpaired) electrons. The van der Waals surface area contributed by atoms with Gasteiger partial charge < -0.3 is 4.74 Å². The van der Waals surface area contributed by atoms with Crippen molar-refractivity contribution in [2.75, 3.05) is 0 Å². The highest BCUT2D eigenvalue weighted by atomic mass is 16.6. The van der Waals surface area contributed by atoms with Crippen LogP contribution in [0, 0.1) is 16.7 Å². The van der Waals surface area contributed by atoms with Gasteiger partial charge in [-0.3, -0.25) is 9.59 Å². The lowest BCUT2D eigenvalue weighted by molar-refractivity contribution is -0.148. The number of esters is 1. The molecule has 0 aromatic rings. The Labute approximate surface area is 95.5 Å². The highest BCUT2D eigenvalue weighted by Gasteiger charge is 2.65. The van der Waals surface area contributed by atoms with Gasteiger partial charge in [0.05, 0.1) is 5.41 Å². The van der Waals surface area contributed by atoms with Crippen molar-refractivity contribution in [2.45, 2.75) is 52.1 Å². The monoisotopic (exact) mass is 222 g/mol. The van der Waals surface area contributed by atoms with Crippen LogP contribution >= 0.6 is 0 Å². The lowest BCUT2D eigenvalue weighted by Crippen LogP contribution is -2.53. The normalized spacial score (nSPS) is 51.1. The van der Waals surface area contributed by atoms with Crippen LogP contribution in [0.2, 0.25) is 0 Å². The minimum absolute atomic E-state index is 0.000463. The fourth-order valence-electron chi connectivity index (χ4n) is 4.32. The van der Waals surface area contributed by atoms with Gasteiger partial charge in [0.15, 0.2) is 0 Å². The molecule has 0 amide bonds. The van der Waals surface area contributed by atoms with Crippen molar-refractivity contribution in [3.8, 4) is 0 Å². The Balaban J connectivity index is 2.11. The number of ether oxygens (including phenoxy) is 1. The Bertz CT molecular complexity index is 373. The number of ketones is 1. The maximum Gasteiger partial charge on any atom is 0.312 e. The van der Waals surface area contributed by atoms with Crippen LogP contribution in [0.3, 0.4) is 0 Å². The van der Waals surface area contributed by atoms with Crippen LogP contribution < -0.4 is 0 Å². The Hall–Kier alpha value is -0.860. The number of carbonyl (C=O) groups is 2. The van der Waals surface area contributed by atoms with Gasteiger partial charge >= 0.3 is 5.97 Å². The third kappa shape index (κ3) is 0.994. The van der Waals surface area contributed by atoms with Crippen LogP contribution in [-0.2, 0) is 14.3 Å². The van der Waals surface area contributed by atoms with E-state index in [1.54, 1.807) is 0 Å². The van der Waals surface area contributed by atoms with Crippen LogP contribution in [0.15, 0.2) is 0 Å². The van der Waals surface area contributed by atoms with Crippen LogP contribution in [-0.4, -0.2) is 17.9 Å².